The predicted octanol–water partition coefficient (Wildman–Crippen LogP) is 1.94. The number of aromatic nitrogens is 5. The molecule has 0 N–H and O–H groups in total. The number of pyridine rings is 1. The molecule has 0 atom stereocenters. The monoisotopic (exact) mass is 379 g/mol. The maximum absolute atomic E-state index is 13.9. The summed E-state index contributed by atoms with van der Waals surface area (Å²) >= 11 is 0. The Morgan fingerprint density at radius 3 is 2.00 bits per heavy atom. The number of anilines is 2. The summed E-state index contributed by atoms with van der Waals surface area (Å²) in [6.45, 7) is 0.853. The van der Waals surface area contributed by atoms with E-state index >= 15 is 0 Å². The first-order valence-electron chi connectivity index (χ1n) is 8.10. The third-order valence-corrected chi connectivity index (χ3v) is 4.31. The van der Waals surface area contributed by atoms with Crippen LogP contribution in [0.1, 0.15) is 0 Å². The quantitative estimate of drug-likeness (QED) is 0.512. The lowest BCUT2D eigenvalue weighted by Gasteiger charge is -2.36. The molecule has 0 radical (unpaired) electrons. The van der Waals surface area contributed by atoms with Crippen LogP contribution >= 0.6 is 0 Å². The van der Waals surface area contributed by atoms with Gasteiger partial charge >= 0.3 is 0 Å². The Hall–Kier alpha value is -3.24. The van der Waals surface area contributed by atoms with Gasteiger partial charge in [0.15, 0.2) is 0 Å². The van der Waals surface area contributed by atoms with Gasteiger partial charge in [0, 0.05) is 26.2 Å². The third kappa shape index (κ3) is 3.04. The highest BCUT2D eigenvalue weighted by molar-refractivity contribution is 5.51. The number of tetrazole rings is 1. The Balaban J connectivity index is 1.56. The molecule has 7 nitrogen and oxygen atoms in total. The second-order valence-electron chi connectivity index (χ2n) is 5.87. The Bertz CT molecular complexity index is 929. The minimum atomic E-state index is -1.67. The molecule has 0 bridgehead atoms. The van der Waals surface area contributed by atoms with Crippen molar-refractivity contribution in [2.75, 3.05) is 36.0 Å². The number of halogens is 4. The lowest BCUT2D eigenvalue weighted by Crippen LogP contribution is -2.48. The molecule has 0 unspecified atom stereocenters. The number of rotatable bonds is 3. The predicted molar refractivity (Wildman–Crippen MR) is 87.6 cm³/mol. The largest absolute Gasteiger partial charge is 0.363 e. The van der Waals surface area contributed by atoms with E-state index in [1.165, 1.54) is 4.90 Å². The normalized spacial score (nSPS) is 14.7. The second-order valence-corrected chi connectivity index (χ2v) is 5.87. The van der Waals surface area contributed by atoms with Gasteiger partial charge in [-0.25, -0.2) is 0 Å². The molecule has 1 aliphatic heterocycles. The Morgan fingerprint density at radius 1 is 0.778 bits per heavy atom. The van der Waals surface area contributed by atoms with Gasteiger partial charge < -0.3 is 9.80 Å². The van der Waals surface area contributed by atoms with E-state index in [4.69, 9.17) is 0 Å². The Morgan fingerprint density at radius 2 is 1.37 bits per heavy atom. The Labute approximate surface area is 150 Å². The molecule has 4 rings (SSSR count). The first-order valence-corrected chi connectivity index (χ1v) is 8.10. The average molecular weight is 379 g/mol. The van der Waals surface area contributed by atoms with Crippen LogP contribution < -0.4 is 9.80 Å². The molecule has 1 aromatic carbocycles. The van der Waals surface area contributed by atoms with Crippen molar-refractivity contribution in [2.24, 2.45) is 0 Å². The number of hydrogen-bond donors (Lipinski definition) is 0. The first-order chi connectivity index (χ1) is 13.1. The van der Waals surface area contributed by atoms with E-state index in [0.717, 1.165) is 5.69 Å². The molecule has 11 heteroatoms. The van der Waals surface area contributed by atoms with E-state index in [1.807, 2.05) is 35.2 Å². The van der Waals surface area contributed by atoms with Gasteiger partial charge in [-0.2, -0.15) is 27.2 Å². The lowest BCUT2D eigenvalue weighted by molar-refractivity contribution is 0.404. The van der Waals surface area contributed by atoms with Crippen molar-refractivity contribution in [3.63, 3.8) is 0 Å². The summed E-state index contributed by atoms with van der Waals surface area (Å²) in [5.41, 5.74) is 0.0117. The molecule has 0 spiro atoms. The zero-order valence-corrected chi connectivity index (χ0v) is 13.9. The van der Waals surface area contributed by atoms with E-state index < -0.39 is 29.2 Å². The summed E-state index contributed by atoms with van der Waals surface area (Å²) in [4.78, 5) is 5.65. The van der Waals surface area contributed by atoms with E-state index in [2.05, 4.69) is 20.5 Å². The highest BCUT2D eigenvalue weighted by Gasteiger charge is 2.29. The fraction of sp³-hybridized carbons (Fsp3) is 0.250. The summed E-state index contributed by atoms with van der Waals surface area (Å²) in [6.07, 6.45) is 0. The van der Waals surface area contributed by atoms with Gasteiger partial charge in [0.25, 0.3) is 11.9 Å². The van der Waals surface area contributed by atoms with Crippen LogP contribution in [0.2, 0.25) is 0 Å². The Kier molecular flexibility index (Phi) is 4.34. The number of nitrogens with zero attached hydrogens (tertiary/aromatic N) is 7. The van der Waals surface area contributed by atoms with Crippen molar-refractivity contribution in [3.05, 3.63) is 53.9 Å². The summed E-state index contributed by atoms with van der Waals surface area (Å²) in [5.74, 6) is -5.87. The summed E-state index contributed by atoms with van der Waals surface area (Å²) in [7, 11) is 0. The number of hydrogen-bond acceptors (Lipinski definition) is 6. The first kappa shape index (κ1) is 17.2. The van der Waals surface area contributed by atoms with Gasteiger partial charge in [-0.05, 0) is 22.6 Å². The molecule has 1 aliphatic rings. The number of para-hydroxylation sites is 1. The average Bonchev–Trinajstić information content (AvgIpc) is 3.18. The minimum Gasteiger partial charge on any atom is -0.363 e. The van der Waals surface area contributed by atoms with Crippen LogP contribution in [0.15, 0.2) is 30.3 Å². The zero-order chi connectivity index (χ0) is 19.0. The van der Waals surface area contributed by atoms with E-state index in [9.17, 15) is 17.6 Å². The molecule has 3 aromatic rings. The minimum absolute atomic E-state index is 0.123. The van der Waals surface area contributed by atoms with Crippen LogP contribution in [0.25, 0.3) is 5.69 Å². The molecule has 140 valence electrons. The van der Waals surface area contributed by atoms with Crippen molar-refractivity contribution in [1.82, 2.24) is 25.2 Å². The van der Waals surface area contributed by atoms with Crippen molar-refractivity contribution < 1.29 is 17.6 Å². The second kappa shape index (κ2) is 6.82. The van der Waals surface area contributed by atoms with E-state index in [-0.39, 0.29) is 13.1 Å². The summed E-state index contributed by atoms with van der Waals surface area (Å²) in [5, 5.41) is 11.7. The van der Waals surface area contributed by atoms with Crippen molar-refractivity contribution in [3.8, 4) is 5.69 Å². The molecule has 0 amide bonds. The topological polar surface area (TPSA) is 63.0 Å². The van der Waals surface area contributed by atoms with E-state index in [1.54, 1.807) is 4.68 Å². The standard InChI is InChI=1S/C16H13F4N7/c17-11-13(12(18)15(20)21-14(11)19)25-6-8-26(9-7-25)16-22-23-24-27(16)10-4-2-1-3-5-10/h1-5H,6-9H2. The third-order valence-electron chi connectivity index (χ3n) is 4.31. The highest BCUT2D eigenvalue weighted by atomic mass is 19.2. The van der Waals surface area contributed by atoms with Crippen LogP contribution in [0.4, 0.5) is 29.2 Å². The molecule has 0 saturated carbocycles. The van der Waals surface area contributed by atoms with Gasteiger partial charge in [-0.1, -0.05) is 23.3 Å². The van der Waals surface area contributed by atoms with Crippen molar-refractivity contribution >= 4 is 11.6 Å². The summed E-state index contributed by atoms with van der Waals surface area (Å²) < 4.78 is 56.2. The molecule has 2 aromatic heterocycles. The SMILES string of the molecule is Fc1nc(F)c(F)c(N2CCN(c3nnnn3-c3ccccc3)CC2)c1F. The smallest absolute Gasteiger partial charge is 0.253 e. The molecule has 27 heavy (non-hydrogen) atoms. The van der Waals surface area contributed by atoms with Crippen LogP contribution in [0, 0.1) is 23.5 Å². The number of benzene rings is 1. The molecule has 1 fully saturated rings. The van der Waals surface area contributed by atoms with Gasteiger partial charge in [-0.15, -0.1) is 0 Å². The molecular formula is C16H13F4N7. The fourth-order valence-corrected chi connectivity index (χ4v) is 3.00. The van der Waals surface area contributed by atoms with Gasteiger partial charge in [0.05, 0.1) is 5.69 Å². The van der Waals surface area contributed by atoms with Crippen LogP contribution in [0.5, 0.6) is 0 Å². The van der Waals surface area contributed by atoms with Gasteiger partial charge in [0.2, 0.25) is 17.6 Å². The van der Waals surface area contributed by atoms with Crippen LogP contribution in [0.3, 0.4) is 0 Å². The highest BCUT2D eigenvalue weighted by Crippen LogP contribution is 2.28. The molecule has 3 heterocycles. The number of piperazine rings is 1. The molecule has 1 saturated heterocycles. The van der Waals surface area contributed by atoms with Crippen molar-refractivity contribution in [1.29, 1.82) is 0 Å². The maximum atomic E-state index is 13.9. The van der Waals surface area contributed by atoms with Crippen LogP contribution in [-0.2, 0) is 0 Å². The lowest BCUT2D eigenvalue weighted by atomic mass is 10.2. The molecular weight excluding hydrogens is 366 g/mol. The molecule has 0 aliphatic carbocycles. The van der Waals surface area contributed by atoms with E-state index in [0.29, 0.717) is 19.0 Å². The zero-order valence-electron chi connectivity index (χ0n) is 13.9. The van der Waals surface area contributed by atoms with Crippen LogP contribution in [-0.4, -0.2) is 51.4 Å². The fourth-order valence-electron chi connectivity index (χ4n) is 3.00. The summed E-state index contributed by atoms with van der Waals surface area (Å²) in [6, 6.07) is 9.22. The van der Waals surface area contributed by atoms with Gasteiger partial charge in [0.1, 0.15) is 5.69 Å². The maximum Gasteiger partial charge on any atom is 0.253 e. The van der Waals surface area contributed by atoms with Gasteiger partial charge in [-0.3, -0.25) is 0 Å². The van der Waals surface area contributed by atoms with Crippen molar-refractivity contribution in [2.45, 2.75) is 0 Å².